The Bertz CT molecular complexity index is 503. The van der Waals surface area contributed by atoms with E-state index in [2.05, 4.69) is 19.2 Å². The van der Waals surface area contributed by atoms with Crippen LogP contribution in [-0.4, -0.2) is 19.9 Å². The van der Waals surface area contributed by atoms with Crippen molar-refractivity contribution in [2.24, 2.45) is 11.8 Å². The second-order valence-corrected chi connectivity index (χ2v) is 6.35. The summed E-state index contributed by atoms with van der Waals surface area (Å²) in [4.78, 5) is 0. The van der Waals surface area contributed by atoms with E-state index in [1.54, 1.807) is 0 Å². The van der Waals surface area contributed by atoms with E-state index in [1.807, 2.05) is 19.2 Å². The number of hydrogen-bond acceptors (Lipinski definition) is 4. The third kappa shape index (κ3) is 3.10. The van der Waals surface area contributed by atoms with Gasteiger partial charge in [-0.2, -0.15) is 0 Å². The fraction of sp³-hybridized carbons (Fsp3) is 0.647. The van der Waals surface area contributed by atoms with E-state index in [9.17, 15) is 0 Å². The van der Waals surface area contributed by atoms with E-state index < -0.39 is 0 Å². The molecule has 1 aliphatic carbocycles. The Balaban J connectivity index is 1.77. The molecule has 0 spiro atoms. The lowest BCUT2D eigenvalue weighted by Crippen LogP contribution is -2.29. The fourth-order valence-corrected chi connectivity index (χ4v) is 3.19. The van der Waals surface area contributed by atoms with Crippen LogP contribution in [0, 0.1) is 11.8 Å². The maximum Gasteiger partial charge on any atom is 0.231 e. The molecule has 4 nitrogen and oxygen atoms in total. The Morgan fingerprint density at radius 2 is 1.90 bits per heavy atom. The van der Waals surface area contributed by atoms with Crippen LogP contribution in [-0.2, 0) is 6.54 Å². The lowest BCUT2D eigenvalue weighted by Gasteiger charge is -2.32. The molecule has 1 aromatic rings. The predicted octanol–water partition coefficient (Wildman–Crippen LogP) is 3.34. The topological polar surface area (TPSA) is 39.7 Å². The molecule has 1 fully saturated rings. The van der Waals surface area contributed by atoms with Crippen molar-refractivity contribution in [3.05, 3.63) is 17.7 Å². The molecule has 1 aromatic carbocycles. The van der Waals surface area contributed by atoms with Crippen LogP contribution in [0.5, 0.6) is 17.2 Å². The van der Waals surface area contributed by atoms with Crippen LogP contribution < -0.4 is 19.5 Å². The minimum absolute atomic E-state index is 0.301. The second-order valence-electron chi connectivity index (χ2n) is 6.35. The number of fused-ring (bicyclic) bond motifs is 1. The third-order valence-electron chi connectivity index (χ3n) is 4.77. The summed E-state index contributed by atoms with van der Waals surface area (Å²) in [5.74, 6) is 4.07. The zero-order valence-corrected chi connectivity index (χ0v) is 13.1. The zero-order valence-electron chi connectivity index (χ0n) is 13.1. The highest BCUT2D eigenvalue weighted by molar-refractivity contribution is 5.51. The van der Waals surface area contributed by atoms with Crippen LogP contribution in [0.3, 0.4) is 0 Å². The minimum atomic E-state index is 0.301. The Kier molecular flexibility index (Phi) is 4.24. The summed E-state index contributed by atoms with van der Waals surface area (Å²) in [6, 6.07) is 4.01. The van der Waals surface area contributed by atoms with Crippen LogP contribution in [0.25, 0.3) is 0 Å². The molecule has 3 unspecified atom stereocenters. The summed E-state index contributed by atoms with van der Waals surface area (Å²) in [6.45, 7) is 5.74. The minimum Gasteiger partial charge on any atom is -0.490 e. The van der Waals surface area contributed by atoms with Crippen molar-refractivity contribution in [3.8, 4) is 17.2 Å². The summed E-state index contributed by atoms with van der Waals surface area (Å²) in [5.41, 5.74) is 1.13. The first kappa shape index (κ1) is 14.5. The summed E-state index contributed by atoms with van der Waals surface area (Å²) in [6.07, 6.45) is 3.83. The molecule has 1 heterocycles. The van der Waals surface area contributed by atoms with Crippen LogP contribution in [0.1, 0.15) is 38.7 Å². The van der Waals surface area contributed by atoms with Crippen molar-refractivity contribution in [2.75, 3.05) is 13.8 Å². The highest BCUT2D eigenvalue weighted by atomic mass is 16.7. The molecule has 116 valence electrons. The number of benzene rings is 1. The van der Waals surface area contributed by atoms with E-state index >= 15 is 0 Å². The molecule has 0 aromatic heterocycles. The zero-order chi connectivity index (χ0) is 14.8. The Morgan fingerprint density at radius 3 is 2.62 bits per heavy atom. The van der Waals surface area contributed by atoms with Gasteiger partial charge in [-0.1, -0.05) is 13.8 Å². The Morgan fingerprint density at radius 1 is 1.14 bits per heavy atom. The van der Waals surface area contributed by atoms with Gasteiger partial charge in [-0.3, -0.25) is 0 Å². The van der Waals surface area contributed by atoms with Crippen LogP contribution >= 0.6 is 0 Å². The lowest BCUT2D eigenvalue weighted by molar-refractivity contribution is 0.0994. The summed E-state index contributed by atoms with van der Waals surface area (Å²) in [5, 5.41) is 3.19. The maximum absolute atomic E-state index is 6.31. The second kappa shape index (κ2) is 6.14. The summed E-state index contributed by atoms with van der Waals surface area (Å²) < 4.78 is 17.2. The molecule has 2 aliphatic rings. The largest absolute Gasteiger partial charge is 0.490 e. The molecule has 1 saturated carbocycles. The quantitative estimate of drug-likeness (QED) is 0.923. The van der Waals surface area contributed by atoms with Crippen LogP contribution in [0.2, 0.25) is 0 Å². The van der Waals surface area contributed by atoms with Crippen molar-refractivity contribution < 1.29 is 14.2 Å². The standard InChI is InChI=1S/C17H25NO3/c1-11-4-5-14(6-12(11)2)21-15-8-17-16(19-10-20-17)7-13(15)9-18-3/h7-8,11-12,14,18H,4-6,9-10H2,1-3H3. The number of hydrogen-bond donors (Lipinski definition) is 1. The van der Waals surface area contributed by atoms with Crippen LogP contribution in [0.4, 0.5) is 0 Å². The van der Waals surface area contributed by atoms with Gasteiger partial charge in [-0.05, 0) is 44.2 Å². The SMILES string of the molecule is CNCc1cc2c(cc1OC1CCC(C)C(C)C1)OCO2. The molecular weight excluding hydrogens is 266 g/mol. The lowest BCUT2D eigenvalue weighted by atomic mass is 9.80. The van der Waals surface area contributed by atoms with Gasteiger partial charge in [0.1, 0.15) is 5.75 Å². The molecule has 1 N–H and O–H groups in total. The molecular formula is C17H25NO3. The maximum atomic E-state index is 6.31. The summed E-state index contributed by atoms with van der Waals surface area (Å²) in [7, 11) is 1.94. The Hall–Kier alpha value is -1.42. The average Bonchev–Trinajstić information content (AvgIpc) is 2.90. The molecule has 3 atom stereocenters. The molecule has 0 bridgehead atoms. The van der Waals surface area contributed by atoms with Gasteiger partial charge in [0, 0.05) is 18.2 Å². The smallest absolute Gasteiger partial charge is 0.231 e. The van der Waals surface area contributed by atoms with E-state index in [4.69, 9.17) is 14.2 Å². The van der Waals surface area contributed by atoms with Gasteiger partial charge in [-0.15, -0.1) is 0 Å². The molecule has 1 aliphatic heterocycles. The van der Waals surface area contributed by atoms with Crippen molar-refractivity contribution in [1.29, 1.82) is 0 Å². The fourth-order valence-electron chi connectivity index (χ4n) is 3.19. The predicted molar refractivity (Wildman–Crippen MR) is 81.9 cm³/mol. The van der Waals surface area contributed by atoms with E-state index in [0.29, 0.717) is 12.9 Å². The van der Waals surface area contributed by atoms with Crippen molar-refractivity contribution in [2.45, 2.75) is 45.8 Å². The molecule has 0 amide bonds. The van der Waals surface area contributed by atoms with Crippen LogP contribution in [0.15, 0.2) is 12.1 Å². The number of nitrogens with one attached hydrogen (secondary N) is 1. The summed E-state index contributed by atoms with van der Waals surface area (Å²) >= 11 is 0. The number of rotatable bonds is 4. The van der Waals surface area contributed by atoms with Crippen molar-refractivity contribution in [3.63, 3.8) is 0 Å². The number of ether oxygens (including phenoxy) is 3. The Labute approximate surface area is 126 Å². The van der Waals surface area contributed by atoms with Crippen molar-refractivity contribution in [1.82, 2.24) is 5.32 Å². The molecule has 21 heavy (non-hydrogen) atoms. The molecule has 0 saturated heterocycles. The van der Waals surface area contributed by atoms with E-state index in [-0.39, 0.29) is 0 Å². The van der Waals surface area contributed by atoms with Gasteiger partial charge < -0.3 is 19.5 Å². The molecule has 3 rings (SSSR count). The highest BCUT2D eigenvalue weighted by Crippen LogP contribution is 2.40. The monoisotopic (exact) mass is 291 g/mol. The van der Waals surface area contributed by atoms with Gasteiger partial charge in [0.2, 0.25) is 6.79 Å². The molecule has 0 radical (unpaired) electrons. The van der Waals surface area contributed by atoms with Gasteiger partial charge >= 0.3 is 0 Å². The third-order valence-corrected chi connectivity index (χ3v) is 4.77. The van der Waals surface area contributed by atoms with Crippen molar-refractivity contribution >= 4 is 0 Å². The first-order valence-corrected chi connectivity index (χ1v) is 7.91. The highest BCUT2D eigenvalue weighted by Gasteiger charge is 2.27. The first-order valence-electron chi connectivity index (χ1n) is 7.91. The normalized spacial score (nSPS) is 27.7. The van der Waals surface area contributed by atoms with E-state index in [1.165, 1.54) is 6.42 Å². The average molecular weight is 291 g/mol. The first-order chi connectivity index (χ1) is 10.2. The van der Waals surface area contributed by atoms with Gasteiger partial charge in [0.05, 0.1) is 6.10 Å². The van der Waals surface area contributed by atoms with Gasteiger partial charge in [0.25, 0.3) is 0 Å². The van der Waals surface area contributed by atoms with E-state index in [0.717, 1.165) is 54.0 Å². The van der Waals surface area contributed by atoms with Gasteiger partial charge in [-0.25, -0.2) is 0 Å². The molecule has 4 heteroatoms. The van der Waals surface area contributed by atoms with Gasteiger partial charge in [0.15, 0.2) is 11.5 Å².